The van der Waals surface area contributed by atoms with E-state index in [1.165, 1.54) is 6.92 Å². The van der Waals surface area contributed by atoms with E-state index in [-0.39, 0.29) is 10.9 Å². The topological polar surface area (TPSA) is 113 Å². The lowest BCUT2D eigenvalue weighted by Gasteiger charge is -2.23. The Bertz CT molecular complexity index is 334. The molecule has 0 aromatic rings. The van der Waals surface area contributed by atoms with Crippen LogP contribution in [0.1, 0.15) is 13.8 Å². The van der Waals surface area contributed by atoms with Gasteiger partial charge in [-0.15, -0.1) is 0 Å². The third-order valence-electron chi connectivity index (χ3n) is 2.47. The number of aliphatic hydroxyl groups excluding tert-OH is 2. The highest BCUT2D eigenvalue weighted by molar-refractivity contribution is 8.13. The van der Waals surface area contributed by atoms with Crippen LogP contribution in [-0.4, -0.2) is 62.9 Å². The first-order valence-corrected chi connectivity index (χ1v) is 6.28. The molecule has 0 saturated carbocycles. The summed E-state index contributed by atoms with van der Waals surface area (Å²) in [7, 11) is 0. The molecular formula is C10H16O7S. The van der Waals surface area contributed by atoms with Crippen LogP contribution in [0.25, 0.3) is 0 Å². The molecule has 3 N–H and O–H groups in total. The second kappa shape index (κ2) is 5.98. The van der Waals surface area contributed by atoms with Gasteiger partial charge < -0.3 is 24.8 Å². The van der Waals surface area contributed by atoms with Crippen LogP contribution in [0, 0.1) is 0 Å². The van der Waals surface area contributed by atoms with Gasteiger partial charge in [-0.2, -0.15) is 0 Å². The van der Waals surface area contributed by atoms with Crippen LogP contribution in [0.2, 0.25) is 0 Å². The van der Waals surface area contributed by atoms with E-state index in [1.54, 1.807) is 0 Å². The number of aliphatic hydroxyl groups is 3. The van der Waals surface area contributed by atoms with Crippen LogP contribution < -0.4 is 0 Å². The zero-order chi connectivity index (χ0) is 13.9. The molecule has 1 fully saturated rings. The Morgan fingerprint density at radius 2 is 2.06 bits per heavy atom. The molecule has 0 unspecified atom stereocenters. The first kappa shape index (κ1) is 15.4. The van der Waals surface area contributed by atoms with Crippen LogP contribution in [-0.2, 0) is 19.1 Å². The third kappa shape index (κ3) is 3.42. The predicted octanol–water partition coefficient (Wildman–Crippen LogP) is -1.36. The third-order valence-corrected chi connectivity index (χ3v) is 3.38. The molecule has 4 atom stereocenters. The summed E-state index contributed by atoms with van der Waals surface area (Å²) >= 11 is 0.914. The molecule has 1 saturated heterocycles. The highest BCUT2D eigenvalue weighted by Gasteiger charge is 2.55. The van der Waals surface area contributed by atoms with Crippen molar-refractivity contribution in [3.05, 3.63) is 0 Å². The average Bonchev–Trinajstić information content (AvgIpc) is 2.51. The largest absolute Gasteiger partial charge is 0.457 e. The Morgan fingerprint density at radius 3 is 2.50 bits per heavy atom. The zero-order valence-corrected chi connectivity index (χ0v) is 10.8. The Kier molecular flexibility index (Phi) is 5.11. The summed E-state index contributed by atoms with van der Waals surface area (Å²) in [6.45, 7) is 1.67. The summed E-state index contributed by atoms with van der Waals surface area (Å²) in [4.78, 5) is 21.8. The zero-order valence-electron chi connectivity index (χ0n) is 10.0. The van der Waals surface area contributed by atoms with Crippen molar-refractivity contribution >= 4 is 22.8 Å². The lowest BCUT2D eigenvalue weighted by Crippen LogP contribution is -2.47. The predicted molar refractivity (Wildman–Crippen MR) is 61.6 cm³/mol. The van der Waals surface area contributed by atoms with Crippen molar-refractivity contribution in [2.24, 2.45) is 0 Å². The fourth-order valence-electron chi connectivity index (χ4n) is 1.65. The molecule has 7 nitrogen and oxygen atoms in total. The Labute approximate surface area is 108 Å². The van der Waals surface area contributed by atoms with E-state index in [1.807, 2.05) is 0 Å². The van der Waals surface area contributed by atoms with Gasteiger partial charge in [-0.1, -0.05) is 11.8 Å². The number of carbonyl (C=O) groups excluding carboxylic acids is 2. The second-order valence-corrected chi connectivity index (χ2v) is 5.18. The van der Waals surface area contributed by atoms with Gasteiger partial charge in [0.05, 0.1) is 6.61 Å². The summed E-state index contributed by atoms with van der Waals surface area (Å²) in [5, 5.41) is 28.4. The van der Waals surface area contributed by atoms with Gasteiger partial charge in [-0.05, 0) is 0 Å². The minimum absolute atomic E-state index is 0.104. The molecule has 1 aliphatic rings. The van der Waals surface area contributed by atoms with Crippen LogP contribution in [0.15, 0.2) is 0 Å². The van der Waals surface area contributed by atoms with Gasteiger partial charge in [0.2, 0.25) is 5.79 Å². The van der Waals surface area contributed by atoms with E-state index in [2.05, 4.69) is 0 Å². The van der Waals surface area contributed by atoms with Crippen molar-refractivity contribution in [1.29, 1.82) is 0 Å². The highest BCUT2D eigenvalue weighted by Crippen LogP contribution is 2.32. The smallest absolute Gasteiger partial charge is 0.303 e. The van der Waals surface area contributed by atoms with Crippen molar-refractivity contribution < 1.29 is 34.4 Å². The molecule has 0 bridgehead atoms. The van der Waals surface area contributed by atoms with Crippen LogP contribution >= 0.6 is 11.8 Å². The van der Waals surface area contributed by atoms with Crippen LogP contribution in [0.3, 0.4) is 0 Å². The number of hydrogen-bond acceptors (Lipinski definition) is 8. The first-order chi connectivity index (χ1) is 8.30. The first-order valence-electron chi connectivity index (χ1n) is 5.30. The molecule has 8 heteroatoms. The standard InChI is InChI=1S/C10H16O7S/c1-5(12)16-8-7(3-18-6(2)13)17-10(15,4-11)9(8)14/h7-9,11,14-15H,3-4H2,1-2H3/t7-,8-,9+,10+/m1/s1. The Morgan fingerprint density at radius 1 is 1.44 bits per heavy atom. The van der Waals surface area contributed by atoms with Gasteiger partial charge in [-0.25, -0.2) is 0 Å². The number of thioether (sulfide) groups is 1. The quantitative estimate of drug-likeness (QED) is 0.541. The van der Waals surface area contributed by atoms with Gasteiger partial charge in [0.25, 0.3) is 0 Å². The molecule has 0 radical (unpaired) electrons. The van der Waals surface area contributed by atoms with Crippen molar-refractivity contribution in [2.75, 3.05) is 12.4 Å². The monoisotopic (exact) mass is 280 g/mol. The molecular weight excluding hydrogens is 264 g/mol. The Hall–Kier alpha value is -0.670. The molecule has 1 rings (SSSR count). The number of rotatable bonds is 4. The molecule has 0 aromatic heterocycles. The van der Waals surface area contributed by atoms with Crippen molar-refractivity contribution in [3.8, 4) is 0 Å². The molecule has 0 aromatic carbocycles. The lowest BCUT2D eigenvalue weighted by atomic mass is 10.1. The van der Waals surface area contributed by atoms with Crippen LogP contribution in [0.4, 0.5) is 0 Å². The van der Waals surface area contributed by atoms with Gasteiger partial charge >= 0.3 is 5.97 Å². The molecule has 18 heavy (non-hydrogen) atoms. The molecule has 0 spiro atoms. The van der Waals surface area contributed by atoms with Crippen LogP contribution in [0.5, 0.6) is 0 Å². The average molecular weight is 280 g/mol. The number of carbonyl (C=O) groups is 2. The van der Waals surface area contributed by atoms with Crippen molar-refractivity contribution in [3.63, 3.8) is 0 Å². The summed E-state index contributed by atoms with van der Waals surface area (Å²) in [6, 6.07) is 0. The molecule has 0 amide bonds. The fraction of sp³-hybridized carbons (Fsp3) is 0.800. The SMILES string of the molecule is CC(=O)O[C@@H]1[C@@H](CSC(C)=O)O[C@@](O)(CO)[C@H]1O. The highest BCUT2D eigenvalue weighted by atomic mass is 32.2. The lowest BCUT2D eigenvalue weighted by molar-refractivity contribution is -0.243. The van der Waals surface area contributed by atoms with E-state index in [0.717, 1.165) is 18.7 Å². The Balaban J connectivity index is 2.78. The van der Waals surface area contributed by atoms with Gasteiger partial charge in [0, 0.05) is 19.6 Å². The second-order valence-electron chi connectivity index (χ2n) is 3.98. The molecule has 1 aliphatic heterocycles. The summed E-state index contributed by atoms with van der Waals surface area (Å²) in [6.07, 6.45) is -3.55. The fourth-order valence-corrected chi connectivity index (χ4v) is 2.31. The minimum Gasteiger partial charge on any atom is -0.457 e. The maximum Gasteiger partial charge on any atom is 0.303 e. The van der Waals surface area contributed by atoms with E-state index in [4.69, 9.17) is 14.6 Å². The molecule has 1 heterocycles. The normalized spacial score (nSPS) is 35.5. The molecule has 104 valence electrons. The maximum absolute atomic E-state index is 10.9. The summed E-state index contributed by atoms with van der Waals surface area (Å²) in [5.74, 6) is -2.72. The van der Waals surface area contributed by atoms with Gasteiger partial charge in [0.15, 0.2) is 11.2 Å². The number of hydrogen-bond donors (Lipinski definition) is 3. The van der Waals surface area contributed by atoms with E-state index < -0.39 is 36.7 Å². The van der Waals surface area contributed by atoms with E-state index >= 15 is 0 Å². The maximum atomic E-state index is 10.9. The molecule has 0 aliphatic carbocycles. The summed E-state index contributed by atoms with van der Waals surface area (Å²) in [5.41, 5.74) is 0. The van der Waals surface area contributed by atoms with Gasteiger partial charge in [-0.3, -0.25) is 9.59 Å². The number of esters is 1. The van der Waals surface area contributed by atoms with Crippen molar-refractivity contribution in [1.82, 2.24) is 0 Å². The van der Waals surface area contributed by atoms with Crippen molar-refractivity contribution in [2.45, 2.75) is 37.9 Å². The van der Waals surface area contributed by atoms with E-state index in [0.29, 0.717) is 0 Å². The van der Waals surface area contributed by atoms with Gasteiger partial charge in [0.1, 0.15) is 12.2 Å². The van der Waals surface area contributed by atoms with E-state index in [9.17, 15) is 19.8 Å². The number of ether oxygens (including phenoxy) is 2. The summed E-state index contributed by atoms with van der Waals surface area (Å²) < 4.78 is 9.94. The minimum atomic E-state index is -2.18.